The lowest BCUT2D eigenvalue weighted by Crippen LogP contribution is -2.12. The van der Waals surface area contributed by atoms with Gasteiger partial charge in [-0.15, -0.1) is 0 Å². The average Bonchev–Trinajstić information content (AvgIpc) is 2.62. The quantitative estimate of drug-likeness (QED) is 0.619. The summed E-state index contributed by atoms with van der Waals surface area (Å²) in [5, 5.41) is 4.77. The van der Waals surface area contributed by atoms with Gasteiger partial charge in [-0.3, -0.25) is 0 Å². The number of rotatable bonds is 5. The van der Waals surface area contributed by atoms with E-state index in [1.807, 2.05) is 72.8 Å². The van der Waals surface area contributed by atoms with Gasteiger partial charge in [0.25, 0.3) is 0 Å². The molecule has 0 heterocycles. The zero-order valence-corrected chi connectivity index (χ0v) is 14.6. The number of anilines is 1. The van der Waals surface area contributed by atoms with Crippen LogP contribution in [0, 0.1) is 0 Å². The Kier molecular flexibility index (Phi) is 5.41. The molecule has 24 heavy (non-hydrogen) atoms. The Morgan fingerprint density at radius 3 is 2.25 bits per heavy atom. The highest BCUT2D eigenvalue weighted by Crippen LogP contribution is 2.28. The van der Waals surface area contributed by atoms with Gasteiger partial charge in [0.1, 0.15) is 0 Å². The van der Waals surface area contributed by atoms with Crippen molar-refractivity contribution in [3.05, 3.63) is 99.5 Å². The lowest BCUT2D eigenvalue weighted by Gasteiger charge is -2.16. The minimum absolute atomic E-state index is 0.181. The summed E-state index contributed by atoms with van der Waals surface area (Å²) in [4.78, 5) is 0. The lowest BCUT2D eigenvalue weighted by molar-refractivity contribution is 0.871. The van der Waals surface area contributed by atoms with Crippen LogP contribution >= 0.6 is 23.2 Å². The summed E-state index contributed by atoms with van der Waals surface area (Å²) in [6.45, 7) is 0.668. The third kappa shape index (κ3) is 4.09. The molecule has 2 nitrogen and oxygen atoms in total. The van der Waals surface area contributed by atoms with Gasteiger partial charge >= 0.3 is 0 Å². The first-order valence-corrected chi connectivity index (χ1v) is 8.47. The normalized spacial score (nSPS) is 12.0. The van der Waals surface area contributed by atoms with E-state index in [2.05, 4.69) is 5.32 Å². The van der Waals surface area contributed by atoms with Crippen molar-refractivity contribution < 1.29 is 0 Å². The third-order valence-electron chi connectivity index (χ3n) is 3.90. The van der Waals surface area contributed by atoms with Crippen LogP contribution in [0.1, 0.15) is 22.7 Å². The predicted octanol–water partition coefficient (Wildman–Crippen LogP) is 5.65. The number of benzene rings is 3. The summed E-state index contributed by atoms with van der Waals surface area (Å²) in [7, 11) is 0. The van der Waals surface area contributed by atoms with E-state index in [1.165, 1.54) is 0 Å². The second-order valence-corrected chi connectivity index (χ2v) is 6.45. The fourth-order valence-electron chi connectivity index (χ4n) is 2.52. The van der Waals surface area contributed by atoms with Gasteiger partial charge in [0, 0.05) is 11.6 Å². The van der Waals surface area contributed by atoms with Crippen molar-refractivity contribution in [3.63, 3.8) is 0 Å². The number of nitrogens with two attached hydrogens (primary N) is 1. The maximum Gasteiger partial charge on any atom is 0.0637 e. The van der Waals surface area contributed by atoms with Crippen molar-refractivity contribution >= 4 is 28.9 Å². The monoisotopic (exact) mass is 356 g/mol. The number of halogens is 2. The molecule has 0 radical (unpaired) electrons. The zero-order valence-electron chi connectivity index (χ0n) is 13.0. The number of hydrogen-bond donors (Lipinski definition) is 2. The Labute approximate surface area is 152 Å². The van der Waals surface area contributed by atoms with Crippen LogP contribution in [-0.2, 0) is 6.54 Å². The van der Waals surface area contributed by atoms with E-state index in [9.17, 15) is 0 Å². The van der Waals surface area contributed by atoms with Crippen molar-refractivity contribution in [2.24, 2.45) is 5.73 Å². The van der Waals surface area contributed by atoms with E-state index in [1.54, 1.807) is 0 Å². The fourth-order valence-corrected chi connectivity index (χ4v) is 2.83. The van der Waals surface area contributed by atoms with E-state index in [0.29, 0.717) is 11.6 Å². The van der Waals surface area contributed by atoms with Gasteiger partial charge in [-0.1, -0.05) is 71.7 Å². The van der Waals surface area contributed by atoms with Gasteiger partial charge in [-0.25, -0.2) is 0 Å². The summed E-state index contributed by atoms with van der Waals surface area (Å²) >= 11 is 12.2. The van der Waals surface area contributed by atoms with E-state index >= 15 is 0 Å². The van der Waals surface area contributed by atoms with Crippen molar-refractivity contribution in [1.82, 2.24) is 0 Å². The highest BCUT2D eigenvalue weighted by atomic mass is 35.5. The van der Waals surface area contributed by atoms with Crippen LogP contribution in [0.5, 0.6) is 0 Å². The predicted molar refractivity (Wildman–Crippen MR) is 103 cm³/mol. The highest BCUT2D eigenvalue weighted by Gasteiger charge is 2.11. The molecule has 122 valence electrons. The van der Waals surface area contributed by atoms with E-state index in [-0.39, 0.29) is 6.04 Å². The maximum absolute atomic E-state index is 6.37. The molecule has 0 spiro atoms. The molecule has 0 amide bonds. The van der Waals surface area contributed by atoms with Gasteiger partial charge in [0.05, 0.1) is 16.8 Å². The minimum Gasteiger partial charge on any atom is -0.380 e. The van der Waals surface area contributed by atoms with E-state index in [4.69, 9.17) is 28.9 Å². The van der Waals surface area contributed by atoms with Crippen LogP contribution in [0.15, 0.2) is 72.8 Å². The molecule has 0 fully saturated rings. The second-order valence-electron chi connectivity index (χ2n) is 5.61. The molecular weight excluding hydrogens is 339 g/mol. The van der Waals surface area contributed by atoms with Crippen LogP contribution in [0.2, 0.25) is 10.0 Å². The zero-order chi connectivity index (χ0) is 16.9. The van der Waals surface area contributed by atoms with Gasteiger partial charge in [0.15, 0.2) is 0 Å². The summed E-state index contributed by atoms with van der Waals surface area (Å²) in [5.74, 6) is 0. The number of hydrogen-bond acceptors (Lipinski definition) is 2. The Balaban J connectivity index is 1.77. The molecule has 0 aliphatic rings. The van der Waals surface area contributed by atoms with Crippen LogP contribution in [0.25, 0.3) is 0 Å². The summed E-state index contributed by atoms with van der Waals surface area (Å²) in [6, 6.07) is 23.4. The average molecular weight is 357 g/mol. The molecule has 1 atom stereocenters. The molecular formula is C20H18Cl2N2. The molecule has 0 aliphatic carbocycles. The van der Waals surface area contributed by atoms with E-state index in [0.717, 1.165) is 27.4 Å². The van der Waals surface area contributed by atoms with Crippen molar-refractivity contribution in [2.75, 3.05) is 5.32 Å². The Bertz CT molecular complexity index is 802. The molecule has 3 aromatic carbocycles. The van der Waals surface area contributed by atoms with E-state index < -0.39 is 0 Å². The first-order chi connectivity index (χ1) is 11.6. The van der Waals surface area contributed by atoms with Crippen molar-refractivity contribution in [2.45, 2.75) is 12.6 Å². The molecule has 3 rings (SSSR count). The van der Waals surface area contributed by atoms with Crippen molar-refractivity contribution in [1.29, 1.82) is 0 Å². The highest BCUT2D eigenvalue weighted by molar-refractivity contribution is 6.33. The largest absolute Gasteiger partial charge is 0.380 e. The molecule has 0 saturated carbocycles. The van der Waals surface area contributed by atoms with Crippen LogP contribution in [-0.4, -0.2) is 0 Å². The lowest BCUT2D eigenvalue weighted by atomic mass is 9.99. The Hall–Kier alpha value is -2.00. The summed E-state index contributed by atoms with van der Waals surface area (Å²) in [5.41, 5.74) is 10.5. The smallest absolute Gasteiger partial charge is 0.0637 e. The van der Waals surface area contributed by atoms with Crippen LogP contribution < -0.4 is 11.1 Å². The standard InChI is InChI=1S/C20H18Cl2N2/c21-17-9-6-14(7-10-17)13-24-19-12-16(8-11-18(19)22)20(23)15-4-2-1-3-5-15/h1-12,20,24H,13,23H2. The Morgan fingerprint density at radius 2 is 1.54 bits per heavy atom. The molecule has 4 heteroatoms. The second kappa shape index (κ2) is 7.71. The topological polar surface area (TPSA) is 38.0 Å². The maximum atomic E-state index is 6.37. The molecule has 0 aliphatic heterocycles. The molecule has 0 bridgehead atoms. The fraction of sp³-hybridized carbons (Fsp3) is 0.100. The molecule has 3 aromatic rings. The summed E-state index contributed by atoms with van der Waals surface area (Å²) < 4.78 is 0. The first kappa shape index (κ1) is 16.8. The molecule has 3 N–H and O–H groups in total. The minimum atomic E-state index is -0.181. The van der Waals surface area contributed by atoms with Crippen LogP contribution in [0.4, 0.5) is 5.69 Å². The molecule has 0 saturated heterocycles. The first-order valence-electron chi connectivity index (χ1n) is 7.72. The van der Waals surface area contributed by atoms with Gasteiger partial charge in [0.2, 0.25) is 0 Å². The molecule has 1 unspecified atom stereocenters. The van der Waals surface area contributed by atoms with Gasteiger partial charge < -0.3 is 11.1 Å². The number of nitrogens with one attached hydrogen (secondary N) is 1. The SMILES string of the molecule is NC(c1ccccc1)c1ccc(Cl)c(NCc2ccc(Cl)cc2)c1. The third-order valence-corrected chi connectivity index (χ3v) is 4.49. The molecule has 0 aromatic heterocycles. The van der Waals surface area contributed by atoms with Crippen molar-refractivity contribution in [3.8, 4) is 0 Å². The summed E-state index contributed by atoms with van der Waals surface area (Å²) in [6.07, 6.45) is 0. The van der Waals surface area contributed by atoms with Gasteiger partial charge in [-0.2, -0.15) is 0 Å². The van der Waals surface area contributed by atoms with Gasteiger partial charge in [-0.05, 0) is 41.0 Å². The van der Waals surface area contributed by atoms with Crippen LogP contribution in [0.3, 0.4) is 0 Å². The Morgan fingerprint density at radius 1 is 0.833 bits per heavy atom.